The number of amides is 1. The van der Waals surface area contributed by atoms with Gasteiger partial charge in [0.1, 0.15) is 11.6 Å². The second-order valence-corrected chi connectivity index (χ2v) is 6.98. The molecule has 0 fully saturated rings. The van der Waals surface area contributed by atoms with Crippen LogP contribution in [0.1, 0.15) is 42.0 Å². The van der Waals surface area contributed by atoms with Gasteiger partial charge in [-0.25, -0.2) is 8.78 Å². The molecule has 2 aromatic carbocycles. The Morgan fingerprint density at radius 2 is 2.00 bits per heavy atom. The Kier molecular flexibility index (Phi) is 4.23. The normalized spacial score (nSPS) is 23.1. The number of hydrogen-bond acceptors (Lipinski definition) is 2. The molecule has 1 amide bonds. The van der Waals surface area contributed by atoms with E-state index in [1.807, 2.05) is 24.3 Å². The molecule has 0 saturated carbocycles. The molecule has 0 bridgehead atoms. The lowest BCUT2D eigenvalue weighted by atomic mass is 9.77. The van der Waals surface area contributed by atoms with Crippen LogP contribution in [-0.2, 0) is 11.3 Å². The lowest BCUT2D eigenvalue weighted by Gasteiger charge is -2.37. The molecule has 26 heavy (non-hydrogen) atoms. The number of nitrogens with one attached hydrogen (secondary N) is 2. The quantitative estimate of drug-likeness (QED) is 0.801. The molecule has 2 aliphatic rings. The molecule has 134 valence electrons. The van der Waals surface area contributed by atoms with Gasteiger partial charge in [-0.1, -0.05) is 36.4 Å². The van der Waals surface area contributed by atoms with Gasteiger partial charge in [0.2, 0.25) is 5.91 Å². The lowest BCUT2D eigenvalue weighted by Crippen LogP contribution is -2.30. The Morgan fingerprint density at radius 3 is 2.73 bits per heavy atom. The summed E-state index contributed by atoms with van der Waals surface area (Å²) < 4.78 is 28.0. The summed E-state index contributed by atoms with van der Waals surface area (Å²) in [5.41, 5.74) is 3.16. The number of hydrogen-bond donors (Lipinski definition) is 2. The number of anilines is 1. The molecule has 1 heterocycles. The topological polar surface area (TPSA) is 41.1 Å². The minimum atomic E-state index is -0.550. The monoisotopic (exact) mass is 354 g/mol. The summed E-state index contributed by atoms with van der Waals surface area (Å²) >= 11 is 0. The average molecular weight is 354 g/mol. The van der Waals surface area contributed by atoms with E-state index in [2.05, 4.69) is 22.8 Å². The predicted octanol–water partition coefficient (Wildman–Crippen LogP) is 4.43. The number of rotatable bonds is 3. The van der Waals surface area contributed by atoms with E-state index in [-0.39, 0.29) is 23.8 Å². The second kappa shape index (κ2) is 6.56. The third-order valence-electron chi connectivity index (χ3n) is 5.27. The van der Waals surface area contributed by atoms with E-state index in [1.54, 1.807) is 0 Å². The molecular weight excluding hydrogens is 334 g/mol. The zero-order valence-corrected chi connectivity index (χ0v) is 14.4. The Labute approximate surface area is 151 Å². The van der Waals surface area contributed by atoms with E-state index in [4.69, 9.17) is 0 Å². The van der Waals surface area contributed by atoms with Crippen LogP contribution in [0, 0.1) is 17.6 Å². The first-order valence-electron chi connectivity index (χ1n) is 8.78. The zero-order valence-electron chi connectivity index (χ0n) is 14.4. The van der Waals surface area contributed by atoms with Crippen molar-refractivity contribution in [1.29, 1.82) is 0 Å². The lowest BCUT2D eigenvalue weighted by molar-refractivity contribution is -0.119. The highest BCUT2D eigenvalue weighted by Gasteiger charge is 2.39. The Morgan fingerprint density at radius 1 is 1.23 bits per heavy atom. The molecule has 4 rings (SSSR count). The summed E-state index contributed by atoms with van der Waals surface area (Å²) in [6, 6.07) is 10.3. The number of carbonyl (C=O) groups is 1. The number of carbonyl (C=O) groups excluding carboxylic acids is 1. The van der Waals surface area contributed by atoms with Gasteiger partial charge >= 0.3 is 0 Å². The summed E-state index contributed by atoms with van der Waals surface area (Å²) in [7, 11) is 0. The van der Waals surface area contributed by atoms with Crippen LogP contribution < -0.4 is 10.6 Å². The van der Waals surface area contributed by atoms with Crippen molar-refractivity contribution in [3.05, 3.63) is 76.9 Å². The third kappa shape index (κ3) is 2.98. The fourth-order valence-corrected chi connectivity index (χ4v) is 4.02. The fourth-order valence-electron chi connectivity index (χ4n) is 4.02. The maximum Gasteiger partial charge on any atom is 0.217 e. The molecule has 5 heteroatoms. The molecule has 0 spiro atoms. The minimum Gasteiger partial charge on any atom is -0.375 e. The van der Waals surface area contributed by atoms with Crippen LogP contribution in [0.5, 0.6) is 0 Å². The van der Waals surface area contributed by atoms with Crippen LogP contribution in [0.15, 0.2) is 48.6 Å². The molecule has 0 aromatic heterocycles. The fraction of sp³-hybridized carbons (Fsp3) is 0.286. The highest BCUT2D eigenvalue weighted by Crippen LogP contribution is 2.50. The van der Waals surface area contributed by atoms with Crippen LogP contribution >= 0.6 is 0 Å². The van der Waals surface area contributed by atoms with Crippen molar-refractivity contribution in [1.82, 2.24) is 5.32 Å². The van der Waals surface area contributed by atoms with Gasteiger partial charge in [0.05, 0.1) is 11.7 Å². The molecular formula is C21H20F2N2O. The van der Waals surface area contributed by atoms with E-state index in [1.165, 1.54) is 13.0 Å². The van der Waals surface area contributed by atoms with Gasteiger partial charge in [0.25, 0.3) is 0 Å². The second-order valence-electron chi connectivity index (χ2n) is 6.98. The summed E-state index contributed by atoms with van der Waals surface area (Å²) in [6.07, 6.45) is 5.02. The van der Waals surface area contributed by atoms with Crippen molar-refractivity contribution in [3.63, 3.8) is 0 Å². The minimum absolute atomic E-state index is 0.0144. The summed E-state index contributed by atoms with van der Waals surface area (Å²) in [4.78, 5) is 11.0. The Balaban J connectivity index is 1.64. The van der Waals surface area contributed by atoms with E-state index < -0.39 is 11.6 Å². The van der Waals surface area contributed by atoms with Gasteiger partial charge in [-0.3, -0.25) is 4.79 Å². The number of halogens is 2. The Bertz CT molecular complexity index is 876. The first-order chi connectivity index (χ1) is 12.5. The molecule has 3 nitrogen and oxygen atoms in total. The van der Waals surface area contributed by atoms with Gasteiger partial charge in [-0.15, -0.1) is 0 Å². The third-order valence-corrected chi connectivity index (χ3v) is 5.27. The molecule has 2 aromatic rings. The molecule has 0 saturated heterocycles. The average Bonchev–Trinajstić information content (AvgIpc) is 3.10. The first-order valence-corrected chi connectivity index (χ1v) is 8.78. The molecule has 3 atom stereocenters. The van der Waals surface area contributed by atoms with Crippen molar-refractivity contribution in [3.8, 4) is 0 Å². The zero-order chi connectivity index (χ0) is 18.3. The number of fused-ring (bicyclic) bond motifs is 3. The smallest absolute Gasteiger partial charge is 0.217 e. The maximum atomic E-state index is 14.4. The van der Waals surface area contributed by atoms with Gasteiger partial charge in [0, 0.05) is 25.5 Å². The van der Waals surface area contributed by atoms with Crippen LogP contribution in [0.3, 0.4) is 0 Å². The summed E-state index contributed by atoms with van der Waals surface area (Å²) in [6.45, 7) is 1.97. The molecule has 0 unspecified atom stereocenters. The van der Waals surface area contributed by atoms with Gasteiger partial charge in [0.15, 0.2) is 0 Å². The van der Waals surface area contributed by atoms with Crippen molar-refractivity contribution >= 4 is 11.6 Å². The van der Waals surface area contributed by atoms with Gasteiger partial charge < -0.3 is 10.6 Å². The Hall–Kier alpha value is -2.69. The predicted molar refractivity (Wildman–Crippen MR) is 96.7 cm³/mol. The molecule has 1 aliphatic heterocycles. The van der Waals surface area contributed by atoms with Crippen molar-refractivity contribution < 1.29 is 13.6 Å². The number of allylic oxidation sites excluding steroid dienone is 2. The summed E-state index contributed by atoms with van der Waals surface area (Å²) in [5.74, 6) is -0.915. The highest BCUT2D eigenvalue weighted by molar-refractivity contribution is 5.72. The van der Waals surface area contributed by atoms with E-state index in [9.17, 15) is 13.6 Å². The summed E-state index contributed by atoms with van der Waals surface area (Å²) in [5, 5.41) is 6.07. The van der Waals surface area contributed by atoms with Crippen molar-refractivity contribution in [2.24, 2.45) is 5.92 Å². The van der Waals surface area contributed by atoms with Crippen molar-refractivity contribution in [2.45, 2.75) is 31.8 Å². The van der Waals surface area contributed by atoms with Crippen LogP contribution in [0.2, 0.25) is 0 Å². The maximum absolute atomic E-state index is 14.4. The molecule has 0 radical (unpaired) electrons. The first kappa shape index (κ1) is 16.8. The van der Waals surface area contributed by atoms with E-state index in [0.717, 1.165) is 23.6 Å². The van der Waals surface area contributed by atoms with Crippen LogP contribution in [0.25, 0.3) is 0 Å². The van der Waals surface area contributed by atoms with Crippen LogP contribution in [0.4, 0.5) is 14.5 Å². The van der Waals surface area contributed by atoms with Gasteiger partial charge in [-0.05, 0) is 35.1 Å². The van der Waals surface area contributed by atoms with E-state index in [0.29, 0.717) is 17.8 Å². The molecule has 1 aliphatic carbocycles. The SMILES string of the molecule is CC(=O)NCc1ccc([C@@H]2Nc3c(F)cc(F)cc3[C@@H]3C=CC[C@@H]32)cc1. The molecule has 2 N–H and O–H groups in total. The largest absolute Gasteiger partial charge is 0.375 e. The van der Waals surface area contributed by atoms with Crippen LogP contribution in [-0.4, -0.2) is 5.91 Å². The van der Waals surface area contributed by atoms with Crippen molar-refractivity contribution in [2.75, 3.05) is 5.32 Å². The van der Waals surface area contributed by atoms with Gasteiger partial charge in [-0.2, -0.15) is 0 Å². The standard InChI is InChI=1S/C21H20F2N2O/c1-12(26)24-11-13-5-7-14(8-6-13)20-17-4-2-3-16(17)18-9-15(22)10-19(23)21(18)25-20/h2-3,5-10,16-17,20,25H,4,11H2,1H3,(H,24,26)/t16-,17+,20+/m1/s1. The number of benzene rings is 2. The van der Waals surface area contributed by atoms with E-state index >= 15 is 0 Å². The highest BCUT2D eigenvalue weighted by atomic mass is 19.1.